The maximum absolute atomic E-state index is 12.9. The molecule has 2 aliphatic heterocycles. The number of nitrogens with zero attached hydrogens (tertiary/aromatic N) is 3. The van der Waals surface area contributed by atoms with Crippen LogP contribution in [0.2, 0.25) is 5.02 Å². The second-order valence-electron chi connectivity index (χ2n) is 5.59. The summed E-state index contributed by atoms with van der Waals surface area (Å²) in [5.74, 6) is -0.722. The highest BCUT2D eigenvalue weighted by molar-refractivity contribution is 6.33. The third-order valence-corrected chi connectivity index (χ3v) is 4.37. The molecule has 0 radical (unpaired) electrons. The Balaban J connectivity index is 1.78. The molecule has 0 amide bonds. The van der Waals surface area contributed by atoms with Crippen molar-refractivity contribution in [1.29, 1.82) is 0 Å². The second kappa shape index (κ2) is 4.89. The molecular weight excluding hydrogens is 337 g/mol. The molecule has 2 aromatic rings. The average molecular weight is 347 g/mol. The summed E-state index contributed by atoms with van der Waals surface area (Å²) in [4.78, 5) is 12.6. The third-order valence-electron chi connectivity index (χ3n) is 4.10. The topological polar surface area (TPSA) is 68.5 Å². The van der Waals surface area contributed by atoms with Gasteiger partial charge in [0.05, 0.1) is 16.7 Å². The lowest BCUT2D eigenvalue weighted by molar-refractivity contribution is -0.137. The van der Waals surface area contributed by atoms with E-state index in [-0.39, 0.29) is 28.6 Å². The van der Waals surface area contributed by atoms with Crippen molar-refractivity contribution in [2.45, 2.75) is 30.8 Å². The molecule has 2 aromatic heterocycles. The summed E-state index contributed by atoms with van der Waals surface area (Å²) in [6.45, 7) is 0.666. The third kappa shape index (κ3) is 2.30. The number of rotatable bonds is 2. The summed E-state index contributed by atoms with van der Waals surface area (Å²) in [6.07, 6.45) is -3.94. The standard InChI is InChI=1S/C13H10ClF3N4O2/c14-7-1-5(13(15,16)17)4-21-11(7)19-20-12(21)9(22)10-8-2-6(23-10)3-18-8/h1,4,6,8,10,18H,2-3H2. The van der Waals surface area contributed by atoms with Gasteiger partial charge in [-0.05, 0) is 12.5 Å². The van der Waals surface area contributed by atoms with E-state index in [4.69, 9.17) is 16.3 Å². The van der Waals surface area contributed by atoms with Crippen LogP contribution in [0.25, 0.3) is 5.65 Å². The van der Waals surface area contributed by atoms with Crippen molar-refractivity contribution in [3.8, 4) is 0 Å². The highest BCUT2D eigenvalue weighted by Crippen LogP contribution is 2.33. The summed E-state index contributed by atoms with van der Waals surface area (Å²) in [5.41, 5.74) is -0.977. The Kier molecular flexibility index (Phi) is 3.16. The van der Waals surface area contributed by atoms with E-state index in [1.807, 2.05) is 0 Å². The first kappa shape index (κ1) is 14.9. The van der Waals surface area contributed by atoms with E-state index in [1.54, 1.807) is 0 Å². The molecule has 4 heterocycles. The van der Waals surface area contributed by atoms with Crippen molar-refractivity contribution in [2.24, 2.45) is 0 Å². The Morgan fingerprint density at radius 2 is 2.22 bits per heavy atom. The molecular formula is C13H10ClF3N4O2. The quantitative estimate of drug-likeness (QED) is 0.839. The highest BCUT2D eigenvalue weighted by Gasteiger charge is 2.45. The molecule has 6 nitrogen and oxygen atoms in total. The maximum atomic E-state index is 12.9. The van der Waals surface area contributed by atoms with Crippen LogP contribution in [0.15, 0.2) is 12.3 Å². The SMILES string of the molecule is O=C(c1nnc2c(Cl)cc(C(F)(F)F)cn12)C1OC2CNC1C2. The molecule has 2 fully saturated rings. The summed E-state index contributed by atoms with van der Waals surface area (Å²) < 4.78 is 45.3. The summed E-state index contributed by atoms with van der Waals surface area (Å²) >= 11 is 5.83. The number of Topliss-reactive ketones (excluding diaryl/α,β-unsaturated/α-hetero) is 1. The van der Waals surface area contributed by atoms with E-state index < -0.39 is 23.6 Å². The van der Waals surface area contributed by atoms with Crippen LogP contribution in [-0.2, 0) is 10.9 Å². The van der Waals surface area contributed by atoms with Gasteiger partial charge < -0.3 is 10.1 Å². The van der Waals surface area contributed by atoms with Gasteiger partial charge in [-0.3, -0.25) is 9.20 Å². The van der Waals surface area contributed by atoms with Crippen molar-refractivity contribution in [1.82, 2.24) is 19.9 Å². The molecule has 0 spiro atoms. The summed E-state index contributed by atoms with van der Waals surface area (Å²) in [6, 6.07) is 0.608. The lowest BCUT2D eigenvalue weighted by Crippen LogP contribution is -2.44. The van der Waals surface area contributed by atoms with Crippen LogP contribution >= 0.6 is 11.6 Å². The maximum Gasteiger partial charge on any atom is 0.417 e. The lowest BCUT2D eigenvalue weighted by Gasteiger charge is -2.21. The van der Waals surface area contributed by atoms with Crippen LogP contribution in [0.1, 0.15) is 22.6 Å². The first-order valence-corrected chi connectivity index (χ1v) is 7.27. The van der Waals surface area contributed by atoms with Gasteiger partial charge in [0.2, 0.25) is 11.6 Å². The van der Waals surface area contributed by atoms with Gasteiger partial charge in [-0.25, -0.2) is 0 Å². The van der Waals surface area contributed by atoms with Crippen LogP contribution in [0.5, 0.6) is 0 Å². The van der Waals surface area contributed by atoms with Crippen LogP contribution in [0.4, 0.5) is 13.2 Å². The van der Waals surface area contributed by atoms with Gasteiger partial charge in [-0.2, -0.15) is 13.2 Å². The number of halogens is 4. The number of ketones is 1. The molecule has 2 bridgehead atoms. The minimum Gasteiger partial charge on any atom is -0.364 e. The zero-order valence-corrected chi connectivity index (χ0v) is 12.2. The number of ether oxygens (including phenoxy) is 1. The Morgan fingerprint density at radius 3 is 2.83 bits per heavy atom. The van der Waals surface area contributed by atoms with E-state index in [9.17, 15) is 18.0 Å². The van der Waals surface area contributed by atoms with E-state index in [1.165, 1.54) is 0 Å². The zero-order chi connectivity index (χ0) is 16.4. The van der Waals surface area contributed by atoms with Gasteiger partial charge >= 0.3 is 6.18 Å². The van der Waals surface area contributed by atoms with Gasteiger partial charge in [-0.1, -0.05) is 11.6 Å². The number of carbonyl (C=O) groups is 1. The van der Waals surface area contributed by atoms with E-state index >= 15 is 0 Å². The van der Waals surface area contributed by atoms with E-state index in [2.05, 4.69) is 15.5 Å². The fourth-order valence-electron chi connectivity index (χ4n) is 3.02. The fraction of sp³-hybridized carbons (Fsp3) is 0.462. The van der Waals surface area contributed by atoms with Crippen molar-refractivity contribution >= 4 is 23.0 Å². The minimum atomic E-state index is -4.59. The number of aromatic nitrogens is 3. The monoisotopic (exact) mass is 346 g/mol. The largest absolute Gasteiger partial charge is 0.417 e. The molecule has 4 rings (SSSR count). The fourth-order valence-corrected chi connectivity index (χ4v) is 3.26. The number of hydrogen-bond acceptors (Lipinski definition) is 5. The van der Waals surface area contributed by atoms with Crippen LogP contribution < -0.4 is 5.32 Å². The number of carbonyl (C=O) groups excluding carboxylic acids is 1. The summed E-state index contributed by atoms with van der Waals surface area (Å²) in [5, 5.41) is 10.3. The predicted octanol–water partition coefficient (Wildman–Crippen LogP) is 1.71. The Labute approximate surface area is 132 Å². The van der Waals surface area contributed by atoms with Crippen LogP contribution in [-0.4, -0.2) is 45.2 Å². The molecule has 2 aliphatic rings. The van der Waals surface area contributed by atoms with Crippen molar-refractivity contribution in [2.75, 3.05) is 6.54 Å². The van der Waals surface area contributed by atoms with Crippen molar-refractivity contribution in [3.05, 3.63) is 28.7 Å². The molecule has 0 aromatic carbocycles. The van der Waals surface area contributed by atoms with Gasteiger partial charge in [0.1, 0.15) is 6.10 Å². The van der Waals surface area contributed by atoms with Crippen LogP contribution in [0.3, 0.4) is 0 Å². The number of fused-ring (bicyclic) bond motifs is 3. The molecule has 2 saturated heterocycles. The van der Waals surface area contributed by atoms with Gasteiger partial charge in [0, 0.05) is 18.8 Å². The normalized spacial score (nSPS) is 27.0. The summed E-state index contributed by atoms with van der Waals surface area (Å²) in [7, 11) is 0. The number of nitrogens with one attached hydrogen (secondary N) is 1. The number of alkyl halides is 3. The first-order chi connectivity index (χ1) is 10.8. The molecule has 0 saturated carbocycles. The van der Waals surface area contributed by atoms with Gasteiger partial charge in [0.15, 0.2) is 5.65 Å². The molecule has 122 valence electrons. The molecule has 23 heavy (non-hydrogen) atoms. The zero-order valence-electron chi connectivity index (χ0n) is 11.5. The molecule has 1 N–H and O–H groups in total. The number of hydrogen-bond donors (Lipinski definition) is 1. The molecule has 3 unspecified atom stereocenters. The Morgan fingerprint density at radius 1 is 1.43 bits per heavy atom. The van der Waals surface area contributed by atoms with Crippen LogP contribution in [0, 0.1) is 0 Å². The van der Waals surface area contributed by atoms with E-state index in [0.29, 0.717) is 13.0 Å². The van der Waals surface area contributed by atoms with Gasteiger partial charge in [0.25, 0.3) is 0 Å². The van der Waals surface area contributed by atoms with Gasteiger partial charge in [-0.15, -0.1) is 10.2 Å². The number of morpholine rings is 1. The molecule has 3 atom stereocenters. The Hall–Kier alpha value is -1.71. The van der Waals surface area contributed by atoms with Crippen molar-refractivity contribution < 1.29 is 22.7 Å². The lowest BCUT2D eigenvalue weighted by atomic mass is 10.1. The van der Waals surface area contributed by atoms with Crippen molar-refractivity contribution in [3.63, 3.8) is 0 Å². The minimum absolute atomic E-state index is 0.000803. The highest BCUT2D eigenvalue weighted by atomic mass is 35.5. The molecule has 10 heteroatoms. The average Bonchev–Trinajstić information content (AvgIpc) is 3.20. The first-order valence-electron chi connectivity index (χ1n) is 6.89. The Bertz CT molecular complexity index is 806. The second-order valence-corrected chi connectivity index (χ2v) is 5.99. The smallest absolute Gasteiger partial charge is 0.364 e. The number of pyridine rings is 1. The van der Waals surface area contributed by atoms with E-state index in [0.717, 1.165) is 16.7 Å². The molecule has 0 aliphatic carbocycles. The predicted molar refractivity (Wildman–Crippen MR) is 72.4 cm³/mol.